The highest BCUT2D eigenvalue weighted by Gasteiger charge is 2.27. The number of carbonyl (C=O) groups is 1. The van der Waals surface area contributed by atoms with Crippen molar-refractivity contribution in [1.29, 1.82) is 0 Å². The van der Waals surface area contributed by atoms with Gasteiger partial charge in [-0.3, -0.25) is 14.7 Å². The normalized spacial score (nSPS) is 16.0. The van der Waals surface area contributed by atoms with E-state index in [-0.39, 0.29) is 35.9 Å². The molecule has 0 aromatic heterocycles. The number of guanidine groups is 1. The molecule has 1 unspecified atom stereocenters. The van der Waals surface area contributed by atoms with Crippen LogP contribution in [0.25, 0.3) is 0 Å². The van der Waals surface area contributed by atoms with Crippen LogP contribution in [0.15, 0.2) is 23.2 Å². The highest BCUT2D eigenvalue weighted by Crippen LogP contribution is 2.28. The molecule has 1 amide bonds. The molecule has 0 radical (unpaired) electrons. The number of hydrogen-bond donors (Lipinski definition) is 2. The summed E-state index contributed by atoms with van der Waals surface area (Å²) in [6.07, 6.45) is 2.08. The standard InChI is InChI=1S/C21H33F2N5O.HI/c1-4-9-25-20(29)8-10-26-21(24-3)28-13-11-27(12-14-28)19(5-2)17-7-6-16(22)15-18(17)23;/h6-7,15,19H,4-5,8-14H2,1-3H3,(H,24,26)(H,25,29);1H. The van der Waals surface area contributed by atoms with Crippen molar-refractivity contribution in [2.75, 3.05) is 46.3 Å². The monoisotopic (exact) mass is 537 g/mol. The van der Waals surface area contributed by atoms with Crippen molar-refractivity contribution in [3.63, 3.8) is 0 Å². The van der Waals surface area contributed by atoms with Gasteiger partial charge in [-0.25, -0.2) is 8.78 Å². The van der Waals surface area contributed by atoms with Gasteiger partial charge in [0.1, 0.15) is 11.6 Å². The third kappa shape index (κ3) is 7.64. The summed E-state index contributed by atoms with van der Waals surface area (Å²) in [6, 6.07) is 3.75. The fourth-order valence-corrected chi connectivity index (χ4v) is 3.66. The van der Waals surface area contributed by atoms with Crippen molar-refractivity contribution < 1.29 is 13.6 Å². The molecule has 1 aromatic carbocycles. The van der Waals surface area contributed by atoms with E-state index in [4.69, 9.17) is 0 Å². The summed E-state index contributed by atoms with van der Waals surface area (Å²) in [5.41, 5.74) is 0.544. The number of carbonyl (C=O) groups excluding carboxylic acids is 1. The van der Waals surface area contributed by atoms with Crippen LogP contribution < -0.4 is 10.6 Å². The van der Waals surface area contributed by atoms with Gasteiger partial charge in [0.05, 0.1) is 0 Å². The highest BCUT2D eigenvalue weighted by atomic mass is 127. The number of halogens is 3. The van der Waals surface area contributed by atoms with E-state index in [0.29, 0.717) is 25.1 Å². The minimum absolute atomic E-state index is 0. The average molecular weight is 537 g/mol. The predicted octanol–water partition coefficient (Wildman–Crippen LogP) is 3.14. The van der Waals surface area contributed by atoms with E-state index in [2.05, 4.69) is 25.4 Å². The largest absolute Gasteiger partial charge is 0.356 e. The lowest BCUT2D eigenvalue weighted by atomic mass is 10.0. The van der Waals surface area contributed by atoms with Crippen LogP contribution in [0.5, 0.6) is 0 Å². The summed E-state index contributed by atoms with van der Waals surface area (Å²) in [7, 11) is 1.73. The fraction of sp³-hybridized carbons (Fsp3) is 0.619. The Hall–Kier alpha value is -1.49. The Morgan fingerprint density at radius 1 is 1.13 bits per heavy atom. The van der Waals surface area contributed by atoms with Gasteiger partial charge in [-0.15, -0.1) is 24.0 Å². The van der Waals surface area contributed by atoms with Crippen molar-refractivity contribution in [3.8, 4) is 0 Å². The first kappa shape index (κ1) is 26.5. The molecule has 1 aromatic rings. The average Bonchev–Trinajstić information content (AvgIpc) is 2.72. The van der Waals surface area contributed by atoms with Gasteiger partial charge >= 0.3 is 0 Å². The van der Waals surface area contributed by atoms with E-state index < -0.39 is 11.6 Å². The van der Waals surface area contributed by atoms with Gasteiger partial charge in [0.15, 0.2) is 5.96 Å². The Kier molecular flexibility index (Phi) is 12.2. The Labute approximate surface area is 195 Å². The van der Waals surface area contributed by atoms with Crippen LogP contribution in [0.4, 0.5) is 8.78 Å². The Morgan fingerprint density at radius 3 is 2.40 bits per heavy atom. The van der Waals surface area contributed by atoms with Gasteiger partial charge in [0.2, 0.25) is 5.91 Å². The zero-order chi connectivity index (χ0) is 21.2. The summed E-state index contributed by atoms with van der Waals surface area (Å²) in [4.78, 5) is 20.4. The first-order chi connectivity index (χ1) is 14.0. The number of amides is 1. The van der Waals surface area contributed by atoms with Gasteiger partial charge in [-0.2, -0.15) is 0 Å². The number of nitrogens with zero attached hydrogens (tertiary/aromatic N) is 3. The van der Waals surface area contributed by atoms with E-state index in [1.165, 1.54) is 6.07 Å². The fourth-order valence-electron chi connectivity index (χ4n) is 3.66. The lowest BCUT2D eigenvalue weighted by Gasteiger charge is -2.40. The summed E-state index contributed by atoms with van der Waals surface area (Å²) in [6.45, 7) is 8.28. The van der Waals surface area contributed by atoms with E-state index in [0.717, 1.165) is 51.0 Å². The first-order valence-electron chi connectivity index (χ1n) is 10.4. The molecule has 1 atom stereocenters. The van der Waals surface area contributed by atoms with Crippen molar-refractivity contribution in [2.24, 2.45) is 4.99 Å². The molecule has 2 rings (SSSR count). The summed E-state index contributed by atoms with van der Waals surface area (Å²) in [5, 5.41) is 6.11. The zero-order valence-corrected chi connectivity index (χ0v) is 20.4. The van der Waals surface area contributed by atoms with Crippen molar-refractivity contribution >= 4 is 35.8 Å². The molecule has 1 heterocycles. The van der Waals surface area contributed by atoms with Crippen LogP contribution in [0.1, 0.15) is 44.7 Å². The molecule has 0 saturated carbocycles. The van der Waals surface area contributed by atoms with Crippen LogP contribution in [0.2, 0.25) is 0 Å². The number of rotatable bonds is 8. The molecule has 0 spiro atoms. The predicted molar refractivity (Wildman–Crippen MR) is 127 cm³/mol. The second kappa shape index (κ2) is 13.7. The topological polar surface area (TPSA) is 60.0 Å². The molecule has 9 heteroatoms. The van der Waals surface area contributed by atoms with E-state index in [1.807, 2.05) is 13.8 Å². The van der Waals surface area contributed by atoms with Gasteiger partial charge in [0.25, 0.3) is 0 Å². The van der Waals surface area contributed by atoms with Crippen LogP contribution in [-0.4, -0.2) is 68.0 Å². The highest BCUT2D eigenvalue weighted by molar-refractivity contribution is 14.0. The van der Waals surface area contributed by atoms with E-state index in [9.17, 15) is 13.6 Å². The third-order valence-corrected chi connectivity index (χ3v) is 5.18. The SMILES string of the molecule is CCCNC(=O)CCNC(=NC)N1CCN(C(CC)c2ccc(F)cc2F)CC1.I. The Bertz CT molecular complexity index is 696. The second-order valence-corrected chi connectivity index (χ2v) is 7.19. The minimum atomic E-state index is -0.552. The molecular formula is C21H34F2IN5O. The molecule has 1 aliphatic rings. The maximum atomic E-state index is 14.2. The summed E-state index contributed by atoms with van der Waals surface area (Å²) in [5.74, 6) is -0.233. The Balaban J connectivity index is 0.00000450. The maximum Gasteiger partial charge on any atom is 0.221 e. The molecule has 1 saturated heterocycles. The third-order valence-electron chi connectivity index (χ3n) is 5.18. The number of piperazine rings is 1. The van der Waals surface area contributed by atoms with Gasteiger partial charge in [-0.05, 0) is 18.9 Å². The quantitative estimate of drug-likeness (QED) is 0.304. The van der Waals surface area contributed by atoms with E-state index >= 15 is 0 Å². The molecule has 1 fully saturated rings. The van der Waals surface area contributed by atoms with Crippen LogP contribution in [0, 0.1) is 11.6 Å². The molecule has 0 aliphatic carbocycles. The lowest BCUT2D eigenvalue weighted by molar-refractivity contribution is -0.120. The molecule has 1 aliphatic heterocycles. The number of benzene rings is 1. The first-order valence-corrected chi connectivity index (χ1v) is 10.4. The summed E-state index contributed by atoms with van der Waals surface area (Å²) < 4.78 is 27.5. The zero-order valence-electron chi connectivity index (χ0n) is 18.1. The van der Waals surface area contributed by atoms with Gasteiger partial charge in [-0.1, -0.05) is 19.9 Å². The molecular weight excluding hydrogens is 503 g/mol. The molecule has 170 valence electrons. The molecule has 2 N–H and O–H groups in total. The smallest absolute Gasteiger partial charge is 0.221 e. The molecule has 30 heavy (non-hydrogen) atoms. The molecule has 6 nitrogen and oxygen atoms in total. The van der Waals surface area contributed by atoms with Crippen LogP contribution in [0.3, 0.4) is 0 Å². The van der Waals surface area contributed by atoms with Crippen LogP contribution in [-0.2, 0) is 4.79 Å². The number of aliphatic imine (C=N–C) groups is 1. The van der Waals surface area contributed by atoms with Crippen LogP contribution >= 0.6 is 24.0 Å². The van der Waals surface area contributed by atoms with Crippen molar-refractivity contribution in [3.05, 3.63) is 35.4 Å². The maximum absolute atomic E-state index is 14.2. The van der Waals surface area contributed by atoms with Crippen molar-refractivity contribution in [1.82, 2.24) is 20.4 Å². The number of hydrogen-bond acceptors (Lipinski definition) is 3. The van der Waals surface area contributed by atoms with Crippen molar-refractivity contribution in [2.45, 2.75) is 39.2 Å². The number of nitrogens with one attached hydrogen (secondary N) is 2. The van der Waals surface area contributed by atoms with Gasteiger partial charge in [0, 0.05) is 70.4 Å². The Morgan fingerprint density at radius 2 is 1.83 bits per heavy atom. The molecule has 0 bridgehead atoms. The van der Waals surface area contributed by atoms with E-state index in [1.54, 1.807) is 13.1 Å². The second-order valence-electron chi connectivity index (χ2n) is 7.19. The lowest BCUT2D eigenvalue weighted by Crippen LogP contribution is -2.53. The van der Waals surface area contributed by atoms with Gasteiger partial charge < -0.3 is 15.5 Å². The minimum Gasteiger partial charge on any atom is -0.356 e. The summed E-state index contributed by atoms with van der Waals surface area (Å²) >= 11 is 0.